The molecule has 1 N–H and O–H groups in total. The van der Waals surface area contributed by atoms with E-state index in [0.717, 1.165) is 9.18 Å². The summed E-state index contributed by atoms with van der Waals surface area (Å²) in [6.45, 7) is 1.99. The maximum atomic E-state index is 12.1. The van der Waals surface area contributed by atoms with Crippen molar-refractivity contribution in [3.8, 4) is 0 Å². The molecule has 0 amide bonds. The number of thiophene rings is 1. The Hall–Kier alpha value is -0.470. The lowest BCUT2D eigenvalue weighted by Crippen LogP contribution is -2.35. The minimum atomic E-state index is -3.50. The fourth-order valence-electron chi connectivity index (χ4n) is 1.34. The number of aryl methyl sites for hydroxylation is 1. The van der Waals surface area contributed by atoms with Crippen LogP contribution in [0.1, 0.15) is 4.88 Å². The lowest BCUT2D eigenvalue weighted by molar-refractivity contribution is 0.0554. The highest BCUT2D eigenvalue weighted by atomic mass is 32.2. The fraction of sp³-hybridized carbons (Fsp3) is 0.600. The molecular weight excluding hydrogens is 262 g/mol. The van der Waals surface area contributed by atoms with E-state index in [4.69, 9.17) is 4.74 Å². The summed E-state index contributed by atoms with van der Waals surface area (Å²) in [5.41, 5.74) is 0. The Bertz CT molecular complexity index is 455. The SMILES string of the molecule is COCC(O)CN(C)S(=O)(=O)c1ccc(C)s1. The number of hydrogen-bond donors (Lipinski definition) is 1. The van der Waals surface area contributed by atoms with E-state index in [2.05, 4.69) is 0 Å². The second kappa shape index (κ2) is 5.92. The van der Waals surface area contributed by atoms with Gasteiger partial charge in [-0.15, -0.1) is 11.3 Å². The largest absolute Gasteiger partial charge is 0.389 e. The Kier molecular flexibility index (Phi) is 5.08. The van der Waals surface area contributed by atoms with Crippen LogP contribution in [-0.2, 0) is 14.8 Å². The first-order valence-corrected chi connectivity index (χ1v) is 7.33. The summed E-state index contributed by atoms with van der Waals surface area (Å²) in [6.07, 6.45) is -0.819. The van der Waals surface area contributed by atoms with Gasteiger partial charge in [0.15, 0.2) is 0 Å². The van der Waals surface area contributed by atoms with Crippen LogP contribution in [0.2, 0.25) is 0 Å². The van der Waals surface area contributed by atoms with Crippen molar-refractivity contribution in [2.75, 3.05) is 27.3 Å². The zero-order valence-electron chi connectivity index (χ0n) is 10.1. The van der Waals surface area contributed by atoms with Gasteiger partial charge in [-0.2, -0.15) is 4.31 Å². The predicted molar refractivity (Wildman–Crippen MR) is 66.8 cm³/mol. The van der Waals surface area contributed by atoms with Crippen molar-refractivity contribution in [3.05, 3.63) is 17.0 Å². The third-order valence-electron chi connectivity index (χ3n) is 2.21. The second-order valence-corrected chi connectivity index (χ2v) is 7.32. The maximum absolute atomic E-state index is 12.1. The Morgan fingerprint density at radius 2 is 2.18 bits per heavy atom. The number of ether oxygens (including phenoxy) is 1. The summed E-state index contributed by atoms with van der Waals surface area (Å²) in [4.78, 5) is 0.939. The number of likely N-dealkylation sites (N-methyl/N-ethyl adjacent to an activating group) is 1. The molecule has 17 heavy (non-hydrogen) atoms. The molecule has 1 rings (SSSR count). The fourth-order valence-corrected chi connectivity index (χ4v) is 4.05. The maximum Gasteiger partial charge on any atom is 0.252 e. The van der Waals surface area contributed by atoms with Gasteiger partial charge >= 0.3 is 0 Å². The molecule has 1 atom stereocenters. The Morgan fingerprint density at radius 3 is 2.65 bits per heavy atom. The van der Waals surface area contributed by atoms with Gasteiger partial charge in [0.2, 0.25) is 0 Å². The Labute approximate surface area is 106 Å². The van der Waals surface area contributed by atoms with Crippen LogP contribution in [0.5, 0.6) is 0 Å². The summed E-state index contributed by atoms with van der Waals surface area (Å²) < 4.78 is 30.3. The van der Waals surface area contributed by atoms with E-state index < -0.39 is 16.1 Å². The highest BCUT2D eigenvalue weighted by Gasteiger charge is 2.24. The predicted octanol–water partition coefficient (Wildman–Crippen LogP) is 0.684. The van der Waals surface area contributed by atoms with Crippen molar-refractivity contribution in [3.63, 3.8) is 0 Å². The number of methoxy groups -OCH3 is 1. The van der Waals surface area contributed by atoms with E-state index in [9.17, 15) is 13.5 Å². The highest BCUT2D eigenvalue weighted by molar-refractivity contribution is 7.91. The lowest BCUT2D eigenvalue weighted by atomic mass is 10.4. The van der Waals surface area contributed by atoms with Gasteiger partial charge in [-0.3, -0.25) is 0 Å². The van der Waals surface area contributed by atoms with Gasteiger partial charge in [-0.25, -0.2) is 8.42 Å². The molecule has 98 valence electrons. The molecule has 0 aliphatic rings. The van der Waals surface area contributed by atoms with Gasteiger partial charge in [-0.1, -0.05) is 0 Å². The molecule has 1 aromatic rings. The zero-order valence-corrected chi connectivity index (χ0v) is 11.7. The van der Waals surface area contributed by atoms with Crippen molar-refractivity contribution in [2.45, 2.75) is 17.2 Å². The molecule has 1 unspecified atom stereocenters. The van der Waals surface area contributed by atoms with Crippen LogP contribution in [0, 0.1) is 6.92 Å². The third-order valence-corrected chi connectivity index (χ3v) is 5.50. The number of hydrogen-bond acceptors (Lipinski definition) is 5. The first-order chi connectivity index (χ1) is 7.87. The Morgan fingerprint density at radius 1 is 1.53 bits per heavy atom. The molecule has 7 heteroatoms. The van der Waals surface area contributed by atoms with Gasteiger partial charge in [0.1, 0.15) is 4.21 Å². The van der Waals surface area contributed by atoms with Gasteiger partial charge in [0, 0.05) is 25.6 Å². The summed E-state index contributed by atoms with van der Waals surface area (Å²) in [7, 11) is -0.589. The van der Waals surface area contributed by atoms with Crippen molar-refractivity contribution < 1.29 is 18.3 Å². The van der Waals surface area contributed by atoms with Crippen molar-refractivity contribution in [2.24, 2.45) is 0 Å². The molecule has 0 fully saturated rings. The number of aliphatic hydroxyl groups is 1. The van der Waals surface area contributed by atoms with Crippen LogP contribution in [0.15, 0.2) is 16.3 Å². The molecule has 0 saturated carbocycles. The van der Waals surface area contributed by atoms with Gasteiger partial charge in [-0.05, 0) is 19.1 Å². The quantitative estimate of drug-likeness (QED) is 0.832. The molecule has 0 bridgehead atoms. The van der Waals surface area contributed by atoms with Gasteiger partial charge in [0.25, 0.3) is 10.0 Å². The van der Waals surface area contributed by atoms with Crippen LogP contribution in [0.25, 0.3) is 0 Å². The monoisotopic (exact) mass is 279 g/mol. The lowest BCUT2D eigenvalue weighted by Gasteiger charge is -2.19. The Balaban J connectivity index is 2.77. The summed E-state index contributed by atoms with van der Waals surface area (Å²) in [5.74, 6) is 0. The van der Waals surface area contributed by atoms with Crippen LogP contribution in [0.3, 0.4) is 0 Å². The highest BCUT2D eigenvalue weighted by Crippen LogP contribution is 2.23. The average molecular weight is 279 g/mol. The molecular formula is C10H17NO4S2. The van der Waals surface area contributed by atoms with E-state index in [0.29, 0.717) is 4.21 Å². The van der Waals surface area contributed by atoms with Crippen molar-refractivity contribution >= 4 is 21.4 Å². The van der Waals surface area contributed by atoms with E-state index >= 15 is 0 Å². The van der Waals surface area contributed by atoms with E-state index in [1.165, 1.54) is 25.5 Å². The van der Waals surface area contributed by atoms with Crippen LogP contribution in [0.4, 0.5) is 0 Å². The molecule has 0 aliphatic heterocycles. The number of rotatable bonds is 6. The van der Waals surface area contributed by atoms with Gasteiger partial charge in [0.05, 0.1) is 12.7 Å². The minimum absolute atomic E-state index is 0.0210. The average Bonchev–Trinajstić information content (AvgIpc) is 2.65. The molecule has 1 heterocycles. The topological polar surface area (TPSA) is 66.8 Å². The molecule has 1 aromatic heterocycles. The van der Waals surface area contributed by atoms with Crippen molar-refractivity contribution in [1.82, 2.24) is 4.31 Å². The first kappa shape index (κ1) is 14.6. The van der Waals surface area contributed by atoms with Crippen LogP contribution >= 0.6 is 11.3 Å². The van der Waals surface area contributed by atoms with Crippen LogP contribution in [-0.4, -0.2) is 51.2 Å². The molecule has 0 spiro atoms. The standard InChI is InChI=1S/C10H17NO4S2/c1-8-4-5-10(16-8)17(13,14)11(2)6-9(12)7-15-3/h4-5,9,12H,6-7H2,1-3H3. The van der Waals surface area contributed by atoms with Crippen molar-refractivity contribution in [1.29, 1.82) is 0 Å². The summed E-state index contributed by atoms with van der Waals surface area (Å²) in [5, 5.41) is 9.51. The summed E-state index contributed by atoms with van der Waals surface area (Å²) in [6, 6.07) is 3.34. The molecule has 0 saturated heterocycles. The number of aliphatic hydroxyl groups excluding tert-OH is 1. The second-order valence-electron chi connectivity index (χ2n) is 3.76. The first-order valence-electron chi connectivity index (χ1n) is 5.07. The number of nitrogens with zero attached hydrogens (tertiary/aromatic N) is 1. The minimum Gasteiger partial charge on any atom is -0.389 e. The van der Waals surface area contributed by atoms with Gasteiger partial charge < -0.3 is 9.84 Å². The number of sulfonamides is 1. The summed E-state index contributed by atoms with van der Waals surface area (Å²) >= 11 is 1.22. The third kappa shape index (κ3) is 3.75. The smallest absolute Gasteiger partial charge is 0.252 e. The normalized spacial score (nSPS) is 14.2. The molecule has 0 aromatic carbocycles. The molecule has 0 radical (unpaired) electrons. The van der Waals surface area contributed by atoms with E-state index in [1.54, 1.807) is 12.1 Å². The molecule has 5 nitrogen and oxygen atoms in total. The zero-order chi connectivity index (χ0) is 13.1. The molecule has 0 aliphatic carbocycles. The van der Waals surface area contributed by atoms with Crippen LogP contribution < -0.4 is 0 Å². The van der Waals surface area contributed by atoms with E-state index in [-0.39, 0.29) is 13.2 Å². The van der Waals surface area contributed by atoms with E-state index in [1.807, 2.05) is 6.92 Å².